The number of pyridine rings is 1. The molecule has 0 spiro atoms. The van der Waals surface area contributed by atoms with Gasteiger partial charge in [-0.25, -0.2) is 13.9 Å². The molecule has 0 aliphatic heterocycles. The number of aromatic nitrogens is 2. The highest BCUT2D eigenvalue weighted by molar-refractivity contribution is 7.77. The lowest BCUT2D eigenvalue weighted by molar-refractivity contribution is 0.533. The number of nitrogens with one attached hydrogen (secondary N) is 1. The number of nitrogens with zero attached hydrogens (tertiary/aromatic N) is 2. The summed E-state index contributed by atoms with van der Waals surface area (Å²) in [5.41, 5.74) is 4.88. The Kier molecular flexibility index (Phi) is 4.71. The van der Waals surface area contributed by atoms with Gasteiger partial charge in [0.15, 0.2) is 11.5 Å². The molecule has 4 rings (SSSR count). The van der Waals surface area contributed by atoms with Crippen LogP contribution >= 0.6 is 0 Å². The van der Waals surface area contributed by atoms with Crippen LogP contribution in [0, 0.1) is 6.92 Å². The molecule has 1 fully saturated rings. The maximum absolute atomic E-state index is 12.1. The van der Waals surface area contributed by atoms with Crippen LogP contribution in [0.4, 0.5) is 0 Å². The predicted molar refractivity (Wildman–Crippen MR) is 104 cm³/mol. The summed E-state index contributed by atoms with van der Waals surface area (Å²) in [5, 5.41) is 0. The van der Waals surface area contributed by atoms with Crippen molar-refractivity contribution in [2.75, 3.05) is 6.54 Å². The third-order valence-corrected chi connectivity index (χ3v) is 5.26. The van der Waals surface area contributed by atoms with Crippen molar-refractivity contribution in [3.63, 3.8) is 0 Å². The Morgan fingerprint density at radius 3 is 2.81 bits per heavy atom. The molecule has 0 amide bonds. The van der Waals surface area contributed by atoms with Crippen molar-refractivity contribution in [2.45, 2.75) is 32.1 Å². The SMILES string of the molecule is Cc1cc(-c2cc(CCNS(=O)O)cc3nc(C4CC4)oc23)cn(C)c1=O. The van der Waals surface area contributed by atoms with Crippen LogP contribution in [0.3, 0.4) is 0 Å². The Balaban J connectivity index is 1.83. The summed E-state index contributed by atoms with van der Waals surface area (Å²) in [6.45, 7) is 2.16. The van der Waals surface area contributed by atoms with Gasteiger partial charge in [0.05, 0.1) is 0 Å². The van der Waals surface area contributed by atoms with Gasteiger partial charge < -0.3 is 8.98 Å². The monoisotopic (exact) mass is 387 g/mol. The molecular weight excluding hydrogens is 366 g/mol. The molecule has 2 aromatic heterocycles. The minimum absolute atomic E-state index is 0.0305. The van der Waals surface area contributed by atoms with Crippen LogP contribution in [-0.4, -0.2) is 24.9 Å². The topological polar surface area (TPSA) is 97.4 Å². The van der Waals surface area contributed by atoms with E-state index in [1.54, 1.807) is 24.7 Å². The number of fused-ring (bicyclic) bond motifs is 1. The van der Waals surface area contributed by atoms with Gasteiger partial charge in [-0.3, -0.25) is 9.35 Å². The zero-order chi connectivity index (χ0) is 19.1. The Hall–Kier alpha value is -2.29. The summed E-state index contributed by atoms with van der Waals surface area (Å²) in [6.07, 6.45) is 4.57. The number of hydrogen-bond acceptors (Lipinski definition) is 4. The molecule has 0 radical (unpaired) electrons. The Morgan fingerprint density at radius 2 is 2.15 bits per heavy atom. The van der Waals surface area contributed by atoms with Crippen LogP contribution in [0.5, 0.6) is 0 Å². The van der Waals surface area contributed by atoms with E-state index in [1.165, 1.54) is 0 Å². The minimum Gasteiger partial charge on any atom is -0.440 e. The van der Waals surface area contributed by atoms with E-state index in [9.17, 15) is 9.00 Å². The van der Waals surface area contributed by atoms with Crippen molar-refractivity contribution >= 4 is 22.4 Å². The van der Waals surface area contributed by atoms with Crippen LogP contribution in [0.15, 0.2) is 33.6 Å². The van der Waals surface area contributed by atoms with Gasteiger partial charge in [-0.1, -0.05) is 0 Å². The predicted octanol–water partition coefficient (Wildman–Crippen LogP) is 2.65. The molecule has 1 atom stereocenters. The van der Waals surface area contributed by atoms with Crippen LogP contribution in [0.1, 0.15) is 35.8 Å². The lowest BCUT2D eigenvalue weighted by Crippen LogP contribution is -2.19. The molecule has 3 aromatic rings. The Labute approximate surface area is 158 Å². The van der Waals surface area contributed by atoms with Crippen molar-refractivity contribution < 1.29 is 13.2 Å². The molecule has 2 heterocycles. The van der Waals surface area contributed by atoms with Crippen molar-refractivity contribution in [3.8, 4) is 11.1 Å². The van der Waals surface area contributed by atoms with Gasteiger partial charge in [-0.15, -0.1) is 0 Å². The molecule has 1 aliphatic rings. The fraction of sp³-hybridized carbons (Fsp3) is 0.368. The molecule has 2 N–H and O–H groups in total. The third-order valence-electron chi connectivity index (χ3n) is 4.81. The first kappa shape index (κ1) is 18.1. The molecular formula is C19H21N3O4S. The maximum atomic E-state index is 12.1. The quantitative estimate of drug-likeness (QED) is 0.634. The molecule has 142 valence electrons. The van der Waals surface area contributed by atoms with Gasteiger partial charge in [0.1, 0.15) is 5.52 Å². The summed E-state index contributed by atoms with van der Waals surface area (Å²) in [5.74, 6) is 1.16. The van der Waals surface area contributed by atoms with Gasteiger partial charge in [-0.05, 0) is 49.9 Å². The van der Waals surface area contributed by atoms with Crippen LogP contribution in [0.25, 0.3) is 22.2 Å². The van der Waals surface area contributed by atoms with E-state index in [2.05, 4.69) is 9.71 Å². The third kappa shape index (κ3) is 3.73. The van der Waals surface area contributed by atoms with Crippen molar-refractivity contribution in [2.24, 2.45) is 7.05 Å². The van der Waals surface area contributed by atoms with E-state index in [0.29, 0.717) is 24.4 Å². The molecule has 0 bridgehead atoms. The number of benzene rings is 1. The van der Waals surface area contributed by atoms with E-state index < -0.39 is 11.3 Å². The van der Waals surface area contributed by atoms with Crippen molar-refractivity contribution in [1.29, 1.82) is 0 Å². The second-order valence-electron chi connectivity index (χ2n) is 7.04. The van der Waals surface area contributed by atoms with E-state index in [0.717, 1.165) is 46.5 Å². The highest BCUT2D eigenvalue weighted by Gasteiger charge is 2.29. The van der Waals surface area contributed by atoms with Crippen LogP contribution < -0.4 is 10.3 Å². The highest BCUT2D eigenvalue weighted by Crippen LogP contribution is 2.42. The summed E-state index contributed by atoms with van der Waals surface area (Å²) in [7, 11) is 1.73. The highest BCUT2D eigenvalue weighted by atomic mass is 32.2. The molecule has 1 saturated carbocycles. The van der Waals surface area contributed by atoms with Gasteiger partial charge in [0.2, 0.25) is 11.3 Å². The first-order valence-corrected chi connectivity index (χ1v) is 9.98. The van der Waals surface area contributed by atoms with Crippen molar-refractivity contribution in [1.82, 2.24) is 14.3 Å². The molecule has 0 saturated heterocycles. The minimum atomic E-state index is -2.03. The van der Waals surface area contributed by atoms with Crippen LogP contribution in [-0.2, 0) is 24.7 Å². The Bertz CT molecular complexity index is 1070. The molecule has 1 aromatic carbocycles. The number of hydrogen-bond donors (Lipinski definition) is 2. The van der Waals surface area contributed by atoms with Gasteiger partial charge >= 0.3 is 0 Å². The van der Waals surface area contributed by atoms with E-state index >= 15 is 0 Å². The summed E-state index contributed by atoms with van der Waals surface area (Å²) in [6, 6.07) is 5.83. The zero-order valence-corrected chi connectivity index (χ0v) is 16.0. The largest absolute Gasteiger partial charge is 0.440 e. The lowest BCUT2D eigenvalue weighted by Gasteiger charge is -2.09. The molecule has 1 unspecified atom stereocenters. The normalized spacial score (nSPS) is 15.4. The number of oxazole rings is 1. The van der Waals surface area contributed by atoms with Gasteiger partial charge in [0, 0.05) is 42.4 Å². The molecule has 1 aliphatic carbocycles. The first-order valence-electron chi connectivity index (χ1n) is 8.87. The average molecular weight is 387 g/mol. The molecule has 27 heavy (non-hydrogen) atoms. The van der Waals surface area contributed by atoms with Gasteiger partial charge in [0.25, 0.3) is 5.56 Å². The summed E-state index contributed by atoms with van der Waals surface area (Å²) >= 11 is -2.03. The smallest absolute Gasteiger partial charge is 0.253 e. The maximum Gasteiger partial charge on any atom is 0.253 e. The zero-order valence-electron chi connectivity index (χ0n) is 15.2. The average Bonchev–Trinajstić information content (AvgIpc) is 3.37. The van der Waals surface area contributed by atoms with E-state index in [1.807, 2.05) is 18.2 Å². The fourth-order valence-electron chi connectivity index (χ4n) is 3.28. The van der Waals surface area contributed by atoms with Crippen molar-refractivity contribution in [3.05, 3.63) is 51.8 Å². The Morgan fingerprint density at radius 1 is 1.37 bits per heavy atom. The first-order chi connectivity index (χ1) is 12.9. The second-order valence-corrected chi connectivity index (χ2v) is 7.83. The standard InChI is InChI=1S/C19H21N3O4S/c1-11-7-14(10-22(2)19(11)23)15-8-12(5-6-20-27(24)25)9-16-17(15)26-18(21-16)13-3-4-13/h7-10,13,20H,3-6H2,1-2H3,(H,24,25). The van der Waals surface area contributed by atoms with E-state index in [-0.39, 0.29) is 5.56 Å². The summed E-state index contributed by atoms with van der Waals surface area (Å²) < 4.78 is 29.9. The lowest BCUT2D eigenvalue weighted by atomic mass is 10.0. The summed E-state index contributed by atoms with van der Waals surface area (Å²) in [4.78, 5) is 16.7. The molecule has 8 heteroatoms. The van der Waals surface area contributed by atoms with E-state index in [4.69, 9.17) is 8.97 Å². The second kappa shape index (κ2) is 7.03. The number of aryl methyl sites for hydroxylation is 2. The van der Waals surface area contributed by atoms with Gasteiger partial charge in [-0.2, -0.15) is 0 Å². The number of rotatable bonds is 6. The molecule has 7 nitrogen and oxygen atoms in total. The van der Waals surface area contributed by atoms with Crippen LogP contribution in [0.2, 0.25) is 0 Å². The fourth-order valence-corrected chi connectivity index (χ4v) is 3.56.